The van der Waals surface area contributed by atoms with Crippen molar-refractivity contribution < 1.29 is 4.40 Å². The van der Waals surface area contributed by atoms with E-state index in [0.29, 0.717) is 0 Å². The lowest BCUT2D eigenvalue weighted by atomic mass is 10.4. The Bertz CT molecular complexity index is 670. The fraction of sp³-hybridized carbons (Fsp3) is 0. The average Bonchev–Trinajstić information content (AvgIpc) is 2.59. The largest absolute Gasteiger partial charge is 0.362 e. The number of nitrogens with zero attached hydrogens (tertiary/aromatic N) is 2. The van der Waals surface area contributed by atoms with Crippen LogP contribution in [0.15, 0.2) is 35.4 Å². The molecule has 0 amide bonds. The molecule has 0 radical (unpaired) electrons. The normalized spacial score (nSPS) is 11.1. The van der Waals surface area contributed by atoms with Gasteiger partial charge in [0.05, 0.1) is 6.20 Å². The molecule has 68 valence electrons. The summed E-state index contributed by atoms with van der Waals surface area (Å²) in [4.78, 5) is 18.1. The SMILES string of the molecule is O=c1[nH]c2c(cnc3cccc[n+]32)s1. The molecule has 0 aliphatic rings. The summed E-state index contributed by atoms with van der Waals surface area (Å²) in [6.45, 7) is 0. The predicted octanol–water partition coefficient (Wildman–Crippen LogP) is 0.723. The van der Waals surface area contributed by atoms with E-state index >= 15 is 0 Å². The van der Waals surface area contributed by atoms with Crippen LogP contribution in [-0.2, 0) is 0 Å². The molecule has 0 aliphatic carbocycles. The van der Waals surface area contributed by atoms with Gasteiger partial charge in [-0.25, -0.2) is 14.2 Å². The number of nitrogens with one attached hydrogen (secondary N) is 1. The Morgan fingerprint density at radius 2 is 2.36 bits per heavy atom. The Morgan fingerprint density at radius 3 is 3.29 bits per heavy atom. The fourth-order valence-electron chi connectivity index (χ4n) is 1.45. The highest BCUT2D eigenvalue weighted by Crippen LogP contribution is 2.08. The molecule has 0 atom stereocenters. The number of H-pyrrole nitrogens is 1. The highest BCUT2D eigenvalue weighted by atomic mass is 32.1. The third-order valence-electron chi connectivity index (χ3n) is 2.05. The van der Waals surface area contributed by atoms with Gasteiger partial charge in [-0.2, -0.15) is 0 Å². The Balaban J connectivity index is 2.66. The van der Waals surface area contributed by atoms with Gasteiger partial charge in [0.25, 0.3) is 11.3 Å². The van der Waals surface area contributed by atoms with Crippen LogP contribution in [0, 0.1) is 0 Å². The highest BCUT2D eigenvalue weighted by molar-refractivity contribution is 7.16. The minimum absolute atomic E-state index is 0.0503. The Labute approximate surface area is 82.5 Å². The Kier molecular flexibility index (Phi) is 1.43. The summed E-state index contributed by atoms with van der Waals surface area (Å²) < 4.78 is 2.74. The van der Waals surface area contributed by atoms with E-state index in [9.17, 15) is 4.79 Å². The second kappa shape index (κ2) is 2.62. The van der Waals surface area contributed by atoms with Crippen molar-refractivity contribution in [3.63, 3.8) is 0 Å². The van der Waals surface area contributed by atoms with E-state index in [1.165, 1.54) is 11.3 Å². The van der Waals surface area contributed by atoms with E-state index in [1.54, 1.807) is 6.20 Å². The van der Waals surface area contributed by atoms with Gasteiger partial charge in [0.15, 0.2) is 0 Å². The van der Waals surface area contributed by atoms with Crippen LogP contribution in [0.25, 0.3) is 16.0 Å². The topological polar surface area (TPSA) is 49.9 Å². The number of rotatable bonds is 0. The smallest absolute Gasteiger partial charge is 0.238 e. The van der Waals surface area contributed by atoms with Gasteiger partial charge in [-0.3, -0.25) is 0 Å². The Hall–Kier alpha value is -1.75. The van der Waals surface area contributed by atoms with E-state index in [2.05, 4.69) is 9.97 Å². The predicted molar refractivity (Wildman–Crippen MR) is 53.4 cm³/mol. The molecule has 3 aromatic rings. The molecule has 0 bridgehead atoms. The summed E-state index contributed by atoms with van der Waals surface area (Å²) in [5, 5.41) is 0. The summed E-state index contributed by atoms with van der Waals surface area (Å²) in [5.74, 6) is 0. The van der Waals surface area contributed by atoms with Crippen molar-refractivity contribution in [1.29, 1.82) is 0 Å². The minimum Gasteiger partial charge on any atom is -0.238 e. The van der Waals surface area contributed by atoms with Crippen LogP contribution in [-0.4, -0.2) is 9.97 Å². The zero-order valence-corrected chi connectivity index (χ0v) is 7.91. The molecule has 4 nitrogen and oxygen atoms in total. The highest BCUT2D eigenvalue weighted by Gasteiger charge is 2.10. The van der Waals surface area contributed by atoms with Gasteiger partial charge in [-0.15, -0.1) is 4.98 Å². The van der Waals surface area contributed by atoms with Gasteiger partial charge in [0, 0.05) is 6.07 Å². The number of aromatic amines is 1. The molecule has 14 heavy (non-hydrogen) atoms. The average molecular weight is 204 g/mol. The van der Waals surface area contributed by atoms with Gasteiger partial charge in [0.2, 0.25) is 0 Å². The molecule has 0 spiro atoms. The lowest BCUT2D eigenvalue weighted by molar-refractivity contribution is -0.486. The van der Waals surface area contributed by atoms with Crippen LogP contribution in [0.4, 0.5) is 0 Å². The standard InChI is InChI=1S/C9H5N3OS/c13-9-11-8-6(14-9)5-10-7-3-1-2-4-12(7)8/h1-5H/p+1. The van der Waals surface area contributed by atoms with E-state index in [-0.39, 0.29) is 4.87 Å². The van der Waals surface area contributed by atoms with Crippen molar-refractivity contribution in [3.8, 4) is 0 Å². The van der Waals surface area contributed by atoms with Crippen molar-refractivity contribution in [2.45, 2.75) is 0 Å². The first-order valence-electron chi connectivity index (χ1n) is 4.13. The molecule has 0 saturated carbocycles. The molecular formula is C9H6N3OS+. The van der Waals surface area contributed by atoms with E-state index < -0.39 is 0 Å². The van der Waals surface area contributed by atoms with Crippen LogP contribution in [0.1, 0.15) is 0 Å². The van der Waals surface area contributed by atoms with E-state index in [0.717, 1.165) is 16.0 Å². The number of aromatic nitrogens is 3. The van der Waals surface area contributed by atoms with Crippen molar-refractivity contribution in [1.82, 2.24) is 9.97 Å². The maximum Gasteiger partial charge on any atom is 0.362 e. The van der Waals surface area contributed by atoms with Crippen LogP contribution in [0.3, 0.4) is 0 Å². The third-order valence-corrected chi connectivity index (χ3v) is 2.86. The first-order valence-corrected chi connectivity index (χ1v) is 4.94. The summed E-state index contributed by atoms with van der Waals surface area (Å²) in [6, 6.07) is 5.72. The monoisotopic (exact) mass is 204 g/mol. The molecule has 0 fully saturated rings. The van der Waals surface area contributed by atoms with Crippen LogP contribution >= 0.6 is 11.3 Å². The van der Waals surface area contributed by atoms with Crippen molar-refractivity contribution in [2.75, 3.05) is 0 Å². The van der Waals surface area contributed by atoms with Gasteiger partial charge in [-0.1, -0.05) is 6.07 Å². The molecule has 3 aromatic heterocycles. The number of thiazole rings is 1. The van der Waals surface area contributed by atoms with Gasteiger partial charge < -0.3 is 0 Å². The summed E-state index contributed by atoms with van der Waals surface area (Å²) >= 11 is 1.17. The molecular weight excluding hydrogens is 198 g/mol. The number of hydrogen-bond donors (Lipinski definition) is 1. The molecule has 0 aliphatic heterocycles. The second-order valence-electron chi connectivity index (χ2n) is 2.91. The van der Waals surface area contributed by atoms with Gasteiger partial charge in [-0.05, 0) is 17.4 Å². The molecule has 3 heterocycles. The fourth-order valence-corrected chi connectivity index (χ4v) is 2.15. The minimum atomic E-state index is -0.0503. The Morgan fingerprint density at radius 1 is 1.43 bits per heavy atom. The van der Waals surface area contributed by atoms with E-state index in [1.807, 2.05) is 28.8 Å². The van der Waals surface area contributed by atoms with E-state index in [4.69, 9.17) is 0 Å². The van der Waals surface area contributed by atoms with Gasteiger partial charge in [0.1, 0.15) is 10.9 Å². The summed E-state index contributed by atoms with van der Waals surface area (Å²) in [7, 11) is 0. The number of pyridine rings is 1. The number of fused-ring (bicyclic) bond motifs is 3. The molecule has 0 unspecified atom stereocenters. The van der Waals surface area contributed by atoms with Crippen molar-refractivity contribution >= 4 is 27.3 Å². The second-order valence-corrected chi connectivity index (χ2v) is 3.93. The molecule has 0 aromatic carbocycles. The quantitative estimate of drug-likeness (QED) is 0.549. The zero-order valence-electron chi connectivity index (χ0n) is 7.10. The maximum absolute atomic E-state index is 11.2. The first-order chi connectivity index (χ1) is 6.84. The number of hydrogen-bond acceptors (Lipinski definition) is 3. The lowest BCUT2D eigenvalue weighted by Gasteiger charge is -1.91. The van der Waals surface area contributed by atoms with Crippen LogP contribution < -0.4 is 9.27 Å². The van der Waals surface area contributed by atoms with Gasteiger partial charge >= 0.3 is 4.87 Å². The molecule has 0 saturated heterocycles. The molecule has 1 N–H and O–H groups in total. The molecule has 5 heteroatoms. The maximum atomic E-state index is 11.2. The zero-order chi connectivity index (χ0) is 9.54. The lowest BCUT2D eigenvalue weighted by Crippen LogP contribution is -2.23. The summed E-state index contributed by atoms with van der Waals surface area (Å²) in [6.07, 6.45) is 3.60. The summed E-state index contributed by atoms with van der Waals surface area (Å²) in [5.41, 5.74) is 1.64. The van der Waals surface area contributed by atoms with Crippen molar-refractivity contribution in [2.24, 2.45) is 0 Å². The van der Waals surface area contributed by atoms with Crippen molar-refractivity contribution in [3.05, 3.63) is 40.3 Å². The first kappa shape index (κ1) is 7.64. The molecule has 3 rings (SSSR count). The third kappa shape index (κ3) is 0.958. The van der Waals surface area contributed by atoms with Crippen LogP contribution in [0.5, 0.6) is 0 Å². The van der Waals surface area contributed by atoms with Crippen LogP contribution in [0.2, 0.25) is 0 Å².